The zero-order valence-corrected chi connectivity index (χ0v) is 12.8. The molecule has 3 atom stereocenters. The van der Waals surface area contributed by atoms with Crippen LogP contribution in [0.3, 0.4) is 0 Å². The lowest BCUT2D eigenvalue weighted by Crippen LogP contribution is -2.34. The van der Waals surface area contributed by atoms with Crippen LogP contribution in [0.4, 0.5) is 5.82 Å². The van der Waals surface area contributed by atoms with Gasteiger partial charge in [0.15, 0.2) is 5.15 Å². The molecular weight excluding hydrogens is 288 g/mol. The molecule has 0 spiro atoms. The third kappa shape index (κ3) is 3.00. The molecule has 2 saturated heterocycles. The number of anilines is 1. The summed E-state index contributed by atoms with van der Waals surface area (Å²) in [6, 6.07) is 4.27. The number of piperidine rings is 1. The van der Waals surface area contributed by atoms with Crippen LogP contribution in [0.5, 0.6) is 0 Å². The van der Waals surface area contributed by atoms with E-state index < -0.39 is 0 Å². The van der Waals surface area contributed by atoms with Crippen molar-refractivity contribution in [1.82, 2.24) is 15.1 Å². The van der Waals surface area contributed by atoms with E-state index in [1.54, 1.807) is 6.07 Å². The fraction of sp³-hybridized carbons (Fsp3) is 0.733. The van der Waals surface area contributed by atoms with Crippen molar-refractivity contribution in [3.05, 3.63) is 17.3 Å². The lowest BCUT2D eigenvalue weighted by Gasteiger charge is -2.28. The average molecular weight is 309 g/mol. The maximum absolute atomic E-state index is 5.75. The van der Waals surface area contributed by atoms with E-state index in [9.17, 15) is 0 Å². The van der Waals surface area contributed by atoms with E-state index in [-0.39, 0.29) is 0 Å². The van der Waals surface area contributed by atoms with Crippen molar-refractivity contribution in [2.24, 2.45) is 17.8 Å². The highest BCUT2D eigenvalue weighted by Gasteiger charge is 2.55. The Bertz CT molecular complexity index is 479. The lowest BCUT2D eigenvalue weighted by molar-refractivity contribution is 0.0540. The molecule has 6 heteroatoms. The van der Waals surface area contributed by atoms with Crippen LogP contribution in [0.1, 0.15) is 12.8 Å². The average Bonchev–Trinajstić information content (AvgIpc) is 2.94. The number of fused-ring (bicyclic) bond motifs is 1. The highest BCUT2D eigenvalue weighted by molar-refractivity contribution is 6.29. The van der Waals surface area contributed by atoms with Crippen LogP contribution >= 0.6 is 11.6 Å². The predicted molar refractivity (Wildman–Crippen MR) is 81.4 cm³/mol. The number of likely N-dealkylation sites (tertiary alicyclic amines) is 1. The van der Waals surface area contributed by atoms with Gasteiger partial charge in [0, 0.05) is 38.9 Å². The van der Waals surface area contributed by atoms with Gasteiger partial charge in [-0.25, -0.2) is 0 Å². The molecule has 3 heterocycles. The summed E-state index contributed by atoms with van der Waals surface area (Å²) >= 11 is 5.75. The third-order valence-electron chi connectivity index (χ3n) is 5.07. The molecule has 3 fully saturated rings. The second kappa shape index (κ2) is 5.71. The van der Waals surface area contributed by atoms with E-state index in [0.29, 0.717) is 11.2 Å². The summed E-state index contributed by atoms with van der Waals surface area (Å²) in [6.07, 6.45) is 2.46. The highest BCUT2D eigenvalue weighted by atomic mass is 35.5. The summed E-state index contributed by atoms with van der Waals surface area (Å²) in [5.74, 6) is 3.24. The van der Waals surface area contributed by atoms with E-state index >= 15 is 0 Å². The van der Waals surface area contributed by atoms with Gasteiger partial charge >= 0.3 is 0 Å². The van der Waals surface area contributed by atoms with Crippen molar-refractivity contribution < 1.29 is 4.74 Å². The third-order valence-corrected chi connectivity index (χ3v) is 5.28. The summed E-state index contributed by atoms with van der Waals surface area (Å²) in [4.78, 5) is 2.64. The van der Waals surface area contributed by atoms with Crippen molar-refractivity contribution in [2.45, 2.75) is 18.9 Å². The Hall–Kier alpha value is -0.910. The van der Waals surface area contributed by atoms with Gasteiger partial charge in [-0.2, -0.15) is 0 Å². The number of rotatable bonds is 4. The molecule has 0 amide bonds. The van der Waals surface area contributed by atoms with Gasteiger partial charge in [-0.3, -0.25) is 0 Å². The van der Waals surface area contributed by atoms with Gasteiger partial charge in [0.25, 0.3) is 0 Å². The number of aromatic nitrogens is 2. The fourth-order valence-electron chi connectivity index (χ4n) is 3.83. The van der Waals surface area contributed by atoms with E-state index in [4.69, 9.17) is 16.3 Å². The molecule has 2 aliphatic heterocycles. The molecule has 1 aromatic rings. The van der Waals surface area contributed by atoms with Crippen LogP contribution in [-0.2, 0) is 4.74 Å². The zero-order valence-electron chi connectivity index (χ0n) is 12.0. The minimum absolute atomic E-state index is 0.444. The molecule has 1 N–H and O–H groups in total. The Kier molecular flexibility index (Phi) is 3.73. The summed E-state index contributed by atoms with van der Waals surface area (Å²) in [5, 5.41) is 11.9. The van der Waals surface area contributed by atoms with Gasteiger partial charge in [-0.15, -0.1) is 10.2 Å². The second-order valence-electron chi connectivity index (χ2n) is 6.51. The molecule has 1 saturated carbocycles. The van der Waals surface area contributed by atoms with Crippen LogP contribution in [0, 0.1) is 17.8 Å². The summed E-state index contributed by atoms with van der Waals surface area (Å²) in [7, 11) is 0. The molecule has 1 aromatic heterocycles. The zero-order chi connectivity index (χ0) is 14.2. The number of ether oxygens (including phenoxy) is 1. The lowest BCUT2D eigenvalue weighted by atomic mass is 10.00. The van der Waals surface area contributed by atoms with Crippen molar-refractivity contribution in [3.63, 3.8) is 0 Å². The molecule has 21 heavy (non-hydrogen) atoms. The number of hydrogen-bond donors (Lipinski definition) is 1. The minimum atomic E-state index is 0.444. The van der Waals surface area contributed by atoms with Crippen molar-refractivity contribution in [3.8, 4) is 0 Å². The van der Waals surface area contributed by atoms with Crippen molar-refractivity contribution >= 4 is 17.4 Å². The van der Waals surface area contributed by atoms with Gasteiger partial charge in [0.1, 0.15) is 5.82 Å². The Morgan fingerprint density at radius 3 is 2.62 bits per heavy atom. The van der Waals surface area contributed by atoms with Gasteiger partial charge < -0.3 is 15.0 Å². The van der Waals surface area contributed by atoms with E-state index in [2.05, 4.69) is 20.4 Å². The topological polar surface area (TPSA) is 50.3 Å². The van der Waals surface area contributed by atoms with Crippen molar-refractivity contribution in [2.75, 3.05) is 38.2 Å². The molecule has 0 radical (unpaired) electrons. The van der Waals surface area contributed by atoms with Crippen LogP contribution in [0.2, 0.25) is 5.15 Å². The Morgan fingerprint density at radius 1 is 1.19 bits per heavy atom. The molecule has 3 aliphatic rings. The largest absolute Gasteiger partial charge is 0.381 e. The van der Waals surface area contributed by atoms with E-state index in [0.717, 1.165) is 36.8 Å². The maximum Gasteiger partial charge on any atom is 0.151 e. The number of nitrogens with one attached hydrogen (secondary N) is 1. The standard InChI is InChI=1S/C15H21ClN4O/c16-13-1-2-14(19-18-13)17-15-11-8-20(9-12(11)15)7-10-3-5-21-6-4-10/h1-2,10-12,15H,3-9H2,(H,17,19)/t11-,12+,15-. The first-order chi connectivity index (χ1) is 10.3. The van der Waals surface area contributed by atoms with Crippen LogP contribution in [0.15, 0.2) is 12.1 Å². The molecule has 114 valence electrons. The van der Waals surface area contributed by atoms with Gasteiger partial charge in [0.05, 0.1) is 0 Å². The Balaban J connectivity index is 1.24. The van der Waals surface area contributed by atoms with Crippen molar-refractivity contribution in [1.29, 1.82) is 0 Å². The first-order valence-electron chi connectivity index (χ1n) is 7.85. The van der Waals surface area contributed by atoms with Crippen LogP contribution < -0.4 is 5.32 Å². The fourth-order valence-corrected chi connectivity index (χ4v) is 3.94. The molecule has 1 aliphatic carbocycles. The summed E-state index contributed by atoms with van der Waals surface area (Å²) in [6.45, 7) is 5.60. The van der Waals surface area contributed by atoms with Gasteiger partial charge in [-0.05, 0) is 42.7 Å². The van der Waals surface area contributed by atoms with E-state index in [1.165, 1.54) is 32.5 Å². The maximum atomic E-state index is 5.75. The van der Waals surface area contributed by atoms with Gasteiger partial charge in [0.2, 0.25) is 0 Å². The molecule has 0 bridgehead atoms. The number of hydrogen-bond acceptors (Lipinski definition) is 5. The summed E-state index contributed by atoms with van der Waals surface area (Å²) in [5.41, 5.74) is 0. The minimum Gasteiger partial charge on any atom is -0.381 e. The Morgan fingerprint density at radius 2 is 1.95 bits per heavy atom. The summed E-state index contributed by atoms with van der Waals surface area (Å²) < 4.78 is 5.44. The molecule has 4 rings (SSSR count). The SMILES string of the molecule is Clc1ccc(N[C@@H]2[C@@H]3CN(CC4CCOCC4)C[C@@H]32)nn1. The molecular formula is C15H21ClN4O. The monoisotopic (exact) mass is 308 g/mol. The normalized spacial score (nSPS) is 32.9. The first-order valence-corrected chi connectivity index (χ1v) is 8.23. The molecule has 0 aromatic carbocycles. The molecule has 0 unspecified atom stereocenters. The smallest absolute Gasteiger partial charge is 0.151 e. The first kappa shape index (κ1) is 13.7. The highest BCUT2D eigenvalue weighted by Crippen LogP contribution is 2.47. The number of nitrogens with zero attached hydrogens (tertiary/aromatic N) is 3. The number of halogens is 1. The second-order valence-corrected chi connectivity index (χ2v) is 6.90. The van der Waals surface area contributed by atoms with Gasteiger partial charge in [-0.1, -0.05) is 11.6 Å². The van der Waals surface area contributed by atoms with Crippen LogP contribution in [-0.4, -0.2) is 54.0 Å². The predicted octanol–water partition coefficient (Wildman–Crippen LogP) is 1.90. The van der Waals surface area contributed by atoms with E-state index in [1.807, 2.05) is 6.07 Å². The Labute approximate surface area is 130 Å². The van der Waals surface area contributed by atoms with Crippen LogP contribution in [0.25, 0.3) is 0 Å². The quantitative estimate of drug-likeness (QED) is 0.920. The molecule has 5 nitrogen and oxygen atoms in total.